The van der Waals surface area contributed by atoms with Gasteiger partial charge in [0.05, 0.1) is 22.8 Å². The molecule has 35 heavy (non-hydrogen) atoms. The molecule has 0 unspecified atom stereocenters. The van der Waals surface area contributed by atoms with Crippen molar-refractivity contribution in [2.45, 2.75) is 0 Å². The van der Waals surface area contributed by atoms with Crippen LogP contribution in [0.25, 0.3) is 21.8 Å². The van der Waals surface area contributed by atoms with Gasteiger partial charge >= 0.3 is 5.97 Å². The molecule has 0 spiro atoms. The molecule has 0 atom stereocenters. The summed E-state index contributed by atoms with van der Waals surface area (Å²) in [6.07, 6.45) is 2.51. The second kappa shape index (κ2) is 8.46. The lowest BCUT2D eigenvalue weighted by atomic mass is 10.0. The van der Waals surface area contributed by atoms with E-state index in [1.54, 1.807) is 13.1 Å². The third-order valence-corrected chi connectivity index (χ3v) is 6.66. The molecule has 180 valence electrons. The molecule has 1 N–H and O–H groups in total. The number of piperazine rings is 1. The van der Waals surface area contributed by atoms with Gasteiger partial charge < -0.3 is 19.5 Å². The molecule has 2 aromatic carbocycles. The van der Waals surface area contributed by atoms with Crippen LogP contribution >= 0.6 is 11.6 Å². The van der Waals surface area contributed by atoms with E-state index >= 15 is 4.39 Å². The number of halogens is 4. The highest BCUT2D eigenvalue weighted by atomic mass is 35.5. The van der Waals surface area contributed by atoms with Crippen molar-refractivity contribution < 1.29 is 23.1 Å². The van der Waals surface area contributed by atoms with Gasteiger partial charge in [-0.05, 0) is 18.2 Å². The minimum Gasteiger partial charge on any atom is -0.477 e. The highest BCUT2D eigenvalue weighted by molar-refractivity contribution is 6.34. The average Bonchev–Trinajstić information content (AvgIpc) is 2.84. The molecule has 7 nitrogen and oxygen atoms in total. The Hall–Kier alpha value is -3.79. The number of fused-ring (bicyclic) bond motifs is 3. The Morgan fingerprint density at radius 2 is 1.74 bits per heavy atom. The van der Waals surface area contributed by atoms with Gasteiger partial charge in [0.1, 0.15) is 16.1 Å². The lowest BCUT2D eigenvalue weighted by molar-refractivity contribution is 0.0695. The zero-order valence-electron chi connectivity index (χ0n) is 18.4. The molecule has 4 aromatic rings. The fourth-order valence-electron chi connectivity index (χ4n) is 4.48. The van der Waals surface area contributed by atoms with Crippen LogP contribution in [0.5, 0.6) is 0 Å². The number of aromatic nitrogens is 2. The van der Waals surface area contributed by atoms with Crippen LogP contribution in [0.3, 0.4) is 0 Å². The highest BCUT2D eigenvalue weighted by Crippen LogP contribution is 2.36. The molecule has 1 fully saturated rings. The fourth-order valence-corrected chi connectivity index (χ4v) is 4.74. The van der Waals surface area contributed by atoms with Crippen molar-refractivity contribution in [3.8, 4) is 0 Å². The van der Waals surface area contributed by atoms with Gasteiger partial charge in [-0.25, -0.2) is 18.0 Å². The van der Waals surface area contributed by atoms with Crippen LogP contribution in [-0.2, 0) is 7.05 Å². The lowest BCUT2D eigenvalue weighted by Gasteiger charge is -2.37. The molecule has 1 saturated heterocycles. The number of carboxylic acids is 1. The summed E-state index contributed by atoms with van der Waals surface area (Å²) in [4.78, 5) is 32.4. The standard InChI is InChI=1S/C24H18ClF3N4O3/c1-30-11-14(24(34)35)23(33)19-13-9-17(20(25)21(28)22(13)29-10-18(19)30)32-6-4-31(5-7-32)12-2-3-15(26)16(27)8-12/h2-3,8-11H,4-7H2,1H3,(H,34,35). The number of rotatable bonds is 3. The van der Waals surface area contributed by atoms with Gasteiger partial charge in [0.2, 0.25) is 5.43 Å². The van der Waals surface area contributed by atoms with E-state index in [0.29, 0.717) is 43.1 Å². The van der Waals surface area contributed by atoms with Gasteiger partial charge in [0.15, 0.2) is 17.5 Å². The summed E-state index contributed by atoms with van der Waals surface area (Å²) < 4.78 is 43.7. The van der Waals surface area contributed by atoms with E-state index in [9.17, 15) is 23.5 Å². The normalized spacial score (nSPS) is 14.2. The number of hydrogen-bond donors (Lipinski definition) is 1. The average molecular weight is 503 g/mol. The van der Waals surface area contributed by atoms with Gasteiger partial charge in [0, 0.05) is 56.6 Å². The Kier molecular flexibility index (Phi) is 5.55. The maximum atomic E-state index is 15.3. The van der Waals surface area contributed by atoms with Crippen LogP contribution in [-0.4, -0.2) is 46.8 Å². The van der Waals surface area contributed by atoms with Crippen molar-refractivity contribution in [3.63, 3.8) is 0 Å². The fraction of sp³-hybridized carbons (Fsp3) is 0.208. The maximum Gasteiger partial charge on any atom is 0.341 e. The number of pyridine rings is 2. The predicted molar refractivity (Wildman–Crippen MR) is 127 cm³/mol. The second-order valence-corrected chi connectivity index (χ2v) is 8.68. The van der Waals surface area contributed by atoms with Crippen molar-refractivity contribution in [1.82, 2.24) is 9.55 Å². The topological polar surface area (TPSA) is 78.7 Å². The molecule has 0 aliphatic carbocycles. The molecule has 3 heterocycles. The Bertz CT molecular complexity index is 1580. The Morgan fingerprint density at radius 1 is 1.06 bits per heavy atom. The Balaban J connectivity index is 1.59. The summed E-state index contributed by atoms with van der Waals surface area (Å²) in [5.41, 5.74) is -0.106. The molecule has 5 rings (SSSR count). The molecule has 0 saturated carbocycles. The summed E-state index contributed by atoms with van der Waals surface area (Å²) in [5.74, 6) is -4.07. The number of carboxylic acid groups (broad SMARTS) is 1. The lowest BCUT2D eigenvalue weighted by Crippen LogP contribution is -2.46. The van der Waals surface area contributed by atoms with Crippen LogP contribution in [0, 0.1) is 17.5 Å². The number of aryl methyl sites for hydroxylation is 1. The number of benzene rings is 2. The minimum absolute atomic E-state index is 0.0367. The van der Waals surface area contributed by atoms with E-state index < -0.39 is 34.4 Å². The predicted octanol–water partition coefficient (Wildman–Crippen LogP) is 4.18. The third-order valence-electron chi connectivity index (χ3n) is 6.30. The van der Waals surface area contributed by atoms with E-state index in [1.807, 2.05) is 9.80 Å². The minimum atomic E-state index is -1.39. The van der Waals surface area contributed by atoms with E-state index in [2.05, 4.69) is 4.98 Å². The van der Waals surface area contributed by atoms with E-state index in [4.69, 9.17) is 11.6 Å². The third kappa shape index (κ3) is 3.74. The summed E-state index contributed by atoms with van der Waals surface area (Å²) in [6.45, 7) is 1.64. The first-order chi connectivity index (χ1) is 16.7. The SMILES string of the molecule is Cn1cc(C(=O)O)c(=O)c2c3cc(N4CCN(c5ccc(F)c(F)c5)CC4)c(Cl)c(F)c3ncc21. The molecule has 1 aliphatic rings. The van der Waals surface area contributed by atoms with Gasteiger partial charge in [-0.15, -0.1) is 0 Å². The van der Waals surface area contributed by atoms with Crippen LogP contribution < -0.4 is 15.2 Å². The zero-order chi connectivity index (χ0) is 25.0. The summed E-state index contributed by atoms with van der Waals surface area (Å²) >= 11 is 6.36. The van der Waals surface area contributed by atoms with Crippen molar-refractivity contribution in [1.29, 1.82) is 0 Å². The van der Waals surface area contributed by atoms with Gasteiger partial charge in [-0.2, -0.15) is 0 Å². The molecule has 0 radical (unpaired) electrons. The maximum absolute atomic E-state index is 15.3. The zero-order valence-corrected chi connectivity index (χ0v) is 19.1. The van der Waals surface area contributed by atoms with Crippen molar-refractivity contribution in [2.75, 3.05) is 36.0 Å². The summed E-state index contributed by atoms with van der Waals surface area (Å²) in [5, 5.41) is 9.47. The molecule has 0 amide bonds. The van der Waals surface area contributed by atoms with Gasteiger partial charge in [-0.1, -0.05) is 11.6 Å². The number of carbonyl (C=O) groups is 1. The monoisotopic (exact) mass is 502 g/mol. The summed E-state index contributed by atoms with van der Waals surface area (Å²) in [7, 11) is 1.58. The second-order valence-electron chi connectivity index (χ2n) is 8.30. The number of nitrogens with zero attached hydrogens (tertiary/aromatic N) is 4. The number of hydrogen-bond acceptors (Lipinski definition) is 5. The molecule has 0 bridgehead atoms. The molecular weight excluding hydrogens is 485 g/mol. The first-order valence-electron chi connectivity index (χ1n) is 10.7. The first-order valence-corrected chi connectivity index (χ1v) is 11.0. The molecule has 11 heteroatoms. The van der Waals surface area contributed by atoms with Crippen molar-refractivity contribution in [2.24, 2.45) is 7.05 Å². The molecule has 1 aliphatic heterocycles. The van der Waals surface area contributed by atoms with Crippen molar-refractivity contribution >= 4 is 50.8 Å². The van der Waals surface area contributed by atoms with Crippen molar-refractivity contribution in [3.05, 3.63) is 74.9 Å². The van der Waals surface area contributed by atoms with Crippen LogP contribution in [0.4, 0.5) is 24.5 Å². The van der Waals surface area contributed by atoms with E-state index in [1.165, 1.54) is 23.0 Å². The smallest absolute Gasteiger partial charge is 0.341 e. The van der Waals surface area contributed by atoms with Gasteiger partial charge in [0.25, 0.3) is 0 Å². The van der Waals surface area contributed by atoms with Crippen LogP contribution in [0.1, 0.15) is 10.4 Å². The largest absolute Gasteiger partial charge is 0.477 e. The Labute approximate surface area is 201 Å². The molecule has 2 aromatic heterocycles. The summed E-state index contributed by atoms with van der Waals surface area (Å²) in [6, 6.07) is 5.23. The highest BCUT2D eigenvalue weighted by Gasteiger charge is 2.25. The number of anilines is 2. The quantitative estimate of drug-likeness (QED) is 0.423. The Morgan fingerprint density at radius 3 is 2.40 bits per heavy atom. The van der Waals surface area contributed by atoms with E-state index in [-0.39, 0.29) is 21.3 Å². The van der Waals surface area contributed by atoms with Gasteiger partial charge in [-0.3, -0.25) is 9.78 Å². The first kappa shape index (κ1) is 23.0. The number of aromatic carboxylic acids is 1. The molecular formula is C24H18ClF3N4O3. The van der Waals surface area contributed by atoms with Crippen LogP contribution in [0.15, 0.2) is 41.5 Å². The van der Waals surface area contributed by atoms with Crippen LogP contribution in [0.2, 0.25) is 5.02 Å². The van der Waals surface area contributed by atoms with E-state index in [0.717, 1.165) is 12.1 Å².